The van der Waals surface area contributed by atoms with Gasteiger partial charge >= 0.3 is 0 Å². The first kappa shape index (κ1) is 15.1. The monoisotopic (exact) mass is 295 g/mol. The van der Waals surface area contributed by atoms with Gasteiger partial charge in [-0.2, -0.15) is 0 Å². The molecule has 4 nitrogen and oxygen atoms in total. The summed E-state index contributed by atoms with van der Waals surface area (Å²) in [7, 11) is 0. The highest BCUT2D eigenvalue weighted by Gasteiger charge is 2.22. The number of amides is 1. The fraction of sp³-hybridized carbons (Fsp3) is 0.533. The zero-order chi connectivity index (χ0) is 14.5. The van der Waals surface area contributed by atoms with Gasteiger partial charge in [-0.25, -0.2) is 0 Å². The number of halogens is 1. The maximum Gasteiger partial charge on any atom is 0.256 e. The third kappa shape index (κ3) is 3.44. The quantitative estimate of drug-likeness (QED) is 0.664. The molecule has 1 aliphatic heterocycles. The number of rotatable bonds is 3. The van der Waals surface area contributed by atoms with Crippen molar-refractivity contribution in [3.8, 4) is 0 Å². The van der Waals surface area contributed by atoms with Crippen LogP contribution in [-0.4, -0.2) is 23.9 Å². The van der Waals surface area contributed by atoms with Gasteiger partial charge in [-0.3, -0.25) is 10.6 Å². The van der Waals surface area contributed by atoms with Gasteiger partial charge in [0, 0.05) is 18.1 Å². The van der Waals surface area contributed by atoms with Crippen molar-refractivity contribution < 1.29 is 4.79 Å². The summed E-state index contributed by atoms with van der Waals surface area (Å²) in [6, 6.07) is 5.15. The summed E-state index contributed by atoms with van der Waals surface area (Å²) in [5, 5.41) is 0.550. The molecule has 1 aromatic carbocycles. The van der Waals surface area contributed by atoms with Crippen LogP contribution in [0.4, 0.5) is 5.69 Å². The lowest BCUT2D eigenvalue weighted by Gasteiger charge is -2.22. The number of nitrogen functional groups attached to an aromatic ring is 1. The zero-order valence-corrected chi connectivity index (χ0v) is 12.6. The molecule has 5 heteroatoms. The van der Waals surface area contributed by atoms with Crippen LogP contribution < -0.4 is 11.3 Å². The van der Waals surface area contributed by atoms with Crippen molar-refractivity contribution in [2.45, 2.75) is 32.6 Å². The summed E-state index contributed by atoms with van der Waals surface area (Å²) in [4.78, 5) is 14.6. The maximum absolute atomic E-state index is 12.7. The van der Waals surface area contributed by atoms with Gasteiger partial charge in [0.2, 0.25) is 0 Å². The summed E-state index contributed by atoms with van der Waals surface area (Å²) in [6.07, 6.45) is 4.54. The Morgan fingerprint density at radius 3 is 2.95 bits per heavy atom. The summed E-state index contributed by atoms with van der Waals surface area (Å²) in [5.41, 5.74) is 3.74. The number of nitrogens with one attached hydrogen (secondary N) is 1. The summed E-state index contributed by atoms with van der Waals surface area (Å²) in [5.74, 6) is 6.23. The largest absolute Gasteiger partial charge is 0.339 e. The number of nitrogens with two attached hydrogens (primary N) is 1. The maximum atomic E-state index is 12.7. The van der Waals surface area contributed by atoms with E-state index >= 15 is 0 Å². The molecule has 1 aliphatic rings. The number of carbonyl (C=O) groups is 1. The van der Waals surface area contributed by atoms with Crippen LogP contribution >= 0.6 is 11.6 Å². The van der Waals surface area contributed by atoms with Crippen LogP contribution in [0.3, 0.4) is 0 Å². The first-order valence-electron chi connectivity index (χ1n) is 7.21. The van der Waals surface area contributed by atoms with Gasteiger partial charge in [0.05, 0.1) is 11.3 Å². The minimum Gasteiger partial charge on any atom is -0.339 e. The fourth-order valence-electron chi connectivity index (χ4n) is 2.77. The Kier molecular flexibility index (Phi) is 5.26. The average Bonchev–Trinajstić information content (AvgIpc) is 2.71. The van der Waals surface area contributed by atoms with E-state index in [1.165, 1.54) is 12.8 Å². The van der Waals surface area contributed by atoms with Crippen molar-refractivity contribution in [3.63, 3.8) is 0 Å². The smallest absolute Gasteiger partial charge is 0.256 e. The van der Waals surface area contributed by atoms with Crippen molar-refractivity contribution in [1.82, 2.24) is 4.90 Å². The van der Waals surface area contributed by atoms with Crippen LogP contribution in [0.15, 0.2) is 18.2 Å². The van der Waals surface area contributed by atoms with Crippen LogP contribution in [0.25, 0.3) is 0 Å². The van der Waals surface area contributed by atoms with Gasteiger partial charge in [0.25, 0.3) is 5.91 Å². The number of nitrogens with zero attached hydrogens (tertiary/aromatic N) is 1. The van der Waals surface area contributed by atoms with Gasteiger partial charge in [-0.05, 0) is 43.4 Å². The lowest BCUT2D eigenvalue weighted by molar-refractivity contribution is 0.0761. The first-order valence-corrected chi connectivity index (χ1v) is 7.59. The first-order chi connectivity index (χ1) is 9.65. The minimum absolute atomic E-state index is 0.0113. The molecular weight excluding hydrogens is 274 g/mol. The molecule has 0 radical (unpaired) electrons. The Labute approximate surface area is 125 Å². The van der Waals surface area contributed by atoms with Crippen LogP contribution in [0, 0.1) is 5.92 Å². The second-order valence-electron chi connectivity index (χ2n) is 5.33. The van der Waals surface area contributed by atoms with Crippen molar-refractivity contribution in [2.75, 3.05) is 18.5 Å². The van der Waals surface area contributed by atoms with Crippen LogP contribution in [0.5, 0.6) is 0 Å². The van der Waals surface area contributed by atoms with E-state index in [0.29, 0.717) is 16.3 Å². The molecule has 3 N–H and O–H groups in total. The van der Waals surface area contributed by atoms with E-state index in [4.69, 9.17) is 17.4 Å². The van der Waals surface area contributed by atoms with Gasteiger partial charge < -0.3 is 10.3 Å². The number of benzene rings is 1. The Hall–Kier alpha value is -1.26. The van der Waals surface area contributed by atoms with Crippen molar-refractivity contribution in [2.24, 2.45) is 11.8 Å². The normalized spacial score (nSPS) is 19.6. The molecule has 1 saturated heterocycles. The molecule has 1 atom stereocenters. The fourth-order valence-corrected chi connectivity index (χ4v) is 2.94. The predicted octanol–water partition coefficient (Wildman–Crippen LogP) is 3.28. The van der Waals surface area contributed by atoms with Crippen molar-refractivity contribution in [1.29, 1.82) is 0 Å². The summed E-state index contributed by atoms with van der Waals surface area (Å²) >= 11 is 6.00. The summed E-state index contributed by atoms with van der Waals surface area (Å²) < 4.78 is 0. The molecular formula is C15H22ClN3O. The Bertz CT molecular complexity index is 478. The third-order valence-electron chi connectivity index (χ3n) is 4.08. The number of hydrazine groups is 1. The van der Waals surface area contributed by atoms with E-state index in [1.54, 1.807) is 18.2 Å². The molecule has 1 aromatic rings. The lowest BCUT2D eigenvalue weighted by Crippen LogP contribution is -2.32. The number of hydrogen-bond acceptors (Lipinski definition) is 3. The summed E-state index contributed by atoms with van der Waals surface area (Å²) in [6.45, 7) is 3.84. The van der Waals surface area contributed by atoms with Gasteiger partial charge in [0.15, 0.2) is 0 Å². The molecule has 110 valence electrons. The molecule has 1 unspecified atom stereocenters. The average molecular weight is 296 g/mol. The molecule has 0 aromatic heterocycles. The molecule has 20 heavy (non-hydrogen) atoms. The highest BCUT2D eigenvalue weighted by Crippen LogP contribution is 2.25. The highest BCUT2D eigenvalue weighted by molar-refractivity contribution is 6.31. The van der Waals surface area contributed by atoms with Crippen molar-refractivity contribution in [3.05, 3.63) is 28.8 Å². The SMILES string of the molecule is CCC1CCCN(C(=O)c2cc(Cl)ccc2NN)CC1. The third-order valence-corrected chi connectivity index (χ3v) is 4.31. The van der Waals surface area contributed by atoms with Crippen LogP contribution in [0.2, 0.25) is 5.02 Å². The highest BCUT2D eigenvalue weighted by atomic mass is 35.5. The number of hydrogen-bond donors (Lipinski definition) is 2. The van der Waals surface area contributed by atoms with Gasteiger partial charge in [-0.15, -0.1) is 0 Å². The van der Waals surface area contributed by atoms with Gasteiger partial charge in [-0.1, -0.05) is 24.9 Å². The minimum atomic E-state index is 0.0113. The Balaban J connectivity index is 2.16. The second-order valence-corrected chi connectivity index (χ2v) is 5.77. The standard InChI is InChI=1S/C15H22ClN3O/c1-2-11-4-3-8-19(9-7-11)15(20)13-10-12(16)5-6-14(13)18-17/h5-6,10-11,18H,2-4,7-9,17H2,1H3. The molecule has 0 spiro atoms. The van der Waals surface area contributed by atoms with Crippen LogP contribution in [-0.2, 0) is 0 Å². The number of carbonyl (C=O) groups excluding carboxylic acids is 1. The molecule has 1 amide bonds. The van der Waals surface area contributed by atoms with E-state index in [9.17, 15) is 4.79 Å². The zero-order valence-electron chi connectivity index (χ0n) is 11.9. The second kappa shape index (κ2) is 6.95. The molecule has 1 heterocycles. The molecule has 0 bridgehead atoms. The van der Waals surface area contributed by atoms with E-state index in [-0.39, 0.29) is 5.91 Å². The molecule has 0 saturated carbocycles. The Morgan fingerprint density at radius 2 is 2.25 bits per heavy atom. The Morgan fingerprint density at radius 1 is 1.45 bits per heavy atom. The molecule has 2 rings (SSSR count). The molecule has 1 fully saturated rings. The topological polar surface area (TPSA) is 58.4 Å². The van der Waals surface area contributed by atoms with Crippen molar-refractivity contribution >= 4 is 23.2 Å². The predicted molar refractivity (Wildman–Crippen MR) is 82.8 cm³/mol. The van der Waals surface area contributed by atoms with E-state index in [0.717, 1.165) is 31.8 Å². The van der Waals surface area contributed by atoms with Gasteiger partial charge in [0.1, 0.15) is 0 Å². The molecule has 0 aliphatic carbocycles. The van der Waals surface area contributed by atoms with E-state index < -0.39 is 0 Å². The van der Waals surface area contributed by atoms with E-state index in [1.807, 2.05) is 4.90 Å². The lowest BCUT2D eigenvalue weighted by atomic mass is 9.98. The number of likely N-dealkylation sites (tertiary alicyclic amines) is 1. The van der Waals surface area contributed by atoms with E-state index in [2.05, 4.69) is 12.3 Å². The number of anilines is 1. The van der Waals surface area contributed by atoms with Crippen LogP contribution in [0.1, 0.15) is 43.0 Å².